The zero-order valence-electron chi connectivity index (χ0n) is 23.5. The van der Waals surface area contributed by atoms with Gasteiger partial charge >= 0.3 is 6.03 Å². The van der Waals surface area contributed by atoms with E-state index in [0.717, 1.165) is 74.3 Å². The second-order valence-corrected chi connectivity index (χ2v) is 13.1. The zero-order chi connectivity index (χ0) is 27.2. The predicted octanol–water partition coefficient (Wildman–Crippen LogP) is 3.15. The summed E-state index contributed by atoms with van der Waals surface area (Å²) in [6, 6.07) is 1.70. The minimum Gasteiger partial charge on any atom is -0.368 e. The van der Waals surface area contributed by atoms with Gasteiger partial charge in [0.1, 0.15) is 5.54 Å². The van der Waals surface area contributed by atoms with Gasteiger partial charge in [-0.15, -0.1) is 0 Å². The molecule has 0 atom stereocenters. The van der Waals surface area contributed by atoms with Crippen molar-refractivity contribution in [1.29, 1.82) is 0 Å². The molecule has 6 fully saturated rings. The smallest absolute Gasteiger partial charge is 0.321 e. The molecule has 0 radical (unpaired) electrons. The highest BCUT2D eigenvalue weighted by atomic mass is 16.2. The van der Waals surface area contributed by atoms with Crippen LogP contribution in [0.3, 0.4) is 0 Å². The molecular weight excluding hydrogens is 492 g/mol. The summed E-state index contributed by atoms with van der Waals surface area (Å²) in [6.45, 7) is 6.79. The normalized spacial score (nSPS) is 32.2. The van der Waals surface area contributed by atoms with E-state index in [9.17, 15) is 9.59 Å². The van der Waals surface area contributed by atoms with Crippen molar-refractivity contribution in [2.24, 2.45) is 28.5 Å². The first kappa shape index (κ1) is 26.5. The Morgan fingerprint density at radius 3 is 2.03 bits per heavy atom. The van der Waals surface area contributed by atoms with E-state index in [1.54, 1.807) is 0 Å². The van der Waals surface area contributed by atoms with Crippen LogP contribution in [0.4, 0.5) is 10.7 Å². The van der Waals surface area contributed by atoms with Gasteiger partial charge in [-0.2, -0.15) is 4.99 Å². The highest BCUT2D eigenvalue weighted by molar-refractivity contribution is 5.97. The number of piperidine rings is 2. The van der Waals surface area contributed by atoms with E-state index in [-0.39, 0.29) is 17.5 Å². The van der Waals surface area contributed by atoms with Crippen molar-refractivity contribution in [1.82, 2.24) is 30.4 Å². The van der Waals surface area contributed by atoms with E-state index in [0.29, 0.717) is 37.8 Å². The summed E-state index contributed by atoms with van der Waals surface area (Å²) >= 11 is 0. The lowest BCUT2D eigenvalue weighted by Gasteiger charge is -2.56. The second kappa shape index (κ2) is 10.3. The van der Waals surface area contributed by atoms with Crippen LogP contribution in [0.25, 0.3) is 0 Å². The number of guanidine groups is 1. The van der Waals surface area contributed by atoms with Crippen LogP contribution in [-0.2, 0) is 4.79 Å². The number of amides is 3. The molecule has 4 aliphatic carbocycles. The van der Waals surface area contributed by atoms with Gasteiger partial charge in [0.25, 0.3) is 5.95 Å². The average Bonchev–Trinajstić information content (AvgIpc) is 2.87. The summed E-state index contributed by atoms with van der Waals surface area (Å²) in [5.74, 6) is 2.76. The first-order chi connectivity index (χ1) is 18.7. The van der Waals surface area contributed by atoms with Gasteiger partial charge in [-0.3, -0.25) is 15.0 Å². The Morgan fingerprint density at radius 1 is 0.923 bits per heavy atom. The molecule has 10 heteroatoms. The summed E-state index contributed by atoms with van der Waals surface area (Å²) in [7, 11) is 0. The number of carbonyl (C=O) groups excluding carboxylic acids is 2. The Hall–Kier alpha value is -2.75. The summed E-state index contributed by atoms with van der Waals surface area (Å²) in [4.78, 5) is 44.5. The number of hydrogen-bond acceptors (Lipinski definition) is 6. The number of nitrogens with zero attached hydrogens (tertiary/aromatic N) is 5. The summed E-state index contributed by atoms with van der Waals surface area (Å²) in [5.41, 5.74) is 6.95. The Morgan fingerprint density at radius 2 is 1.49 bits per heavy atom. The fourth-order valence-electron chi connectivity index (χ4n) is 8.80. The minimum absolute atomic E-state index is 0.0996. The van der Waals surface area contributed by atoms with Crippen LogP contribution in [0.1, 0.15) is 82.0 Å². The number of nitrogens with one attached hydrogen (secondary N) is 2. The first-order valence-corrected chi connectivity index (χ1v) is 15.0. The lowest BCUT2D eigenvalue weighted by molar-refractivity contribution is -0.134. The van der Waals surface area contributed by atoms with Crippen LogP contribution in [-0.4, -0.2) is 74.9 Å². The maximum absolute atomic E-state index is 13.5. The van der Waals surface area contributed by atoms with Crippen molar-refractivity contribution in [3.63, 3.8) is 0 Å². The number of aliphatic imine (C=N–C) groups is 1. The van der Waals surface area contributed by atoms with Crippen LogP contribution in [0.5, 0.6) is 0 Å². The van der Waals surface area contributed by atoms with E-state index in [2.05, 4.69) is 30.4 Å². The number of rotatable bonds is 4. The minimum atomic E-state index is -0.639. The highest BCUT2D eigenvalue weighted by Crippen LogP contribution is 2.55. The van der Waals surface area contributed by atoms with Crippen LogP contribution in [0.2, 0.25) is 0 Å². The molecule has 39 heavy (non-hydrogen) atoms. The molecule has 4 bridgehead atoms. The average molecular weight is 537 g/mol. The quantitative estimate of drug-likeness (QED) is 0.401. The summed E-state index contributed by atoms with van der Waals surface area (Å²) in [5, 5.41) is 6.51. The molecule has 212 valence electrons. The molecular formula is C29H44N8O2. The molecule has 0 aromatic carbocycles. The van der Waals surface area contributed by atoms with Gasteiger partial charge in [-0.05, 0) is 115 Å². The third-order valence-electron chi connectivity index (χ3n) is 10.1. The van der Waals surface area contributed by atoms with E-state index in [1.807, 2.05) is 19.9 Å². The number of primary amides is 1. The molecule has 7 rings (SSSR count). The van der Waals surface area contributed by atoms with E-state index >= 15 is 0 Å². The SMILES string of the molecule is Cc1cc(C)nc(/N=C(/NC(=O)NC23CC4CC(CC(C4)C2)C3)N2CCC(C(N)=O)(N3CCCCC3)CC2)n1. The fourth-order valence-corrected chi connectivity index (χ4v) is 8.80. The summed E-state index contributed by atoms with van der Waals surface area (Å²) in [6.07, 6.45) is 11.8. The highest BCUT2D eigenvalue weighted by Gasteiger charge is 2.52. The number of aryl methyl sites for hydroxylation is 2. The van der Waals surface area contributed by atoms with Gasteiger partial charge in [-0.1, -0.05) is 6.42 Å². The van der Waals surface area contributed by atoms with Crippen molar-refractivity contribution in [2.45, 2.75) is 95.6 Å². The molecule has 1 aromatic rings. The third kappa shape index (κ3) is 5.36. The van der Waals surface area contributed by atoms with Crippen molar-refractivity contribution in [3.05, 3.63) is 17.5 Å². The van der Waals surface area contributed by atoms with Gasteiger partial charge in [0, 0.05) is 30.0 Å². The zero-order valence-corrected chi connectivity index (χ0v) is 23.5. The number of urea groups is 1. The molecule has 0 spiro atoms. The number of carbonyl (C=O) groups is 2. The van der Waals surface area contributed by atoms with Crippen LogP contribution < -0.4 is 16.4 Å². The largest absolute Gasteiger partial charge is 0.368 e. The molecule has 4 saturated carbocycles. The second-order valence-electron chi connectivity index (χ2n) is 13.1. The first-order valence-electron chi connectivity index (χ1n) is 15.0. The Labute approximate surface area is 231 Å². The maximum atomic E-state index is 13.5. The van der Waals surface area contributed by atoms with Crippen LogP contribution in [0, 0.1) is 31.6 Å². The monoisotopic (exact) mass is 536 g/mol. The number of aromatic nitrogens is 2. The van der Waals surface area contributed by atoms with Gasteiger partial charge in [0.15, 0.2) is 0 Å². The molecule has 4 N–H and O–H groups in total. The van der Waals surface area contributed by atoms with Crippen molar-refractivity contribution in [3.8, 4) is 0 Å². The molecule has 2 aliphatic heterocycles. The topological polar surface area (TPSA) is 129 Å². The fraction of sp³-hybridized carbons (Fsp3) is 0.759. The Kier molecular flexibility index (Phi) is 7.02. The Bertz CT molecular complexity index is 1080. The van der Waals surface area contributed by atoms with Crippen molar-refractivity contribution >= 4 is 23.8 Å². The molecule has 3 amide bonds. The van der Waals surface area contributed by atoms with Crippen molar-refractivity contribution < 1.29 is 9.59 Å². The molecule has 10 nitrogen and oxygen atoms in total. The number of hydrogen-bond donors (Lipinski definition) is 3. The Balaban J connectivity index is 1.21. The van der Waals surface area contributed by atoms with Gasteiger partial charge < -0.3 is 16.0 Å². The summed E-state index contributed by atoms with van der Waals surface area (Å²) < 4.78 is 0. The number of nitrogens with two attached hydrogens (primary N) is 1. The predicted molar refractivity (Wildman–Crippen MR) is 149 cm³/mol. The maximum Gasteiger partial charge on any atom is 0.321 e. The van der Waals surface area contributed by atoms with E-state index in [1.165, 1.54) is 25.7 Å². The van der Waals surface area contributed by atoms with Gasteiger partial charge in [0.05, 0.1) is 0 Å². The molecule has 6 aliphatic rings. The molecule has 0 unspecified atom stereocenters. The van der Waals surface area contributed by atoms with E-state index in [4.69, 9.17) is 10.7 Å². The lowest BCUT2D eigenvalue weighted by Crippen LogP contribution is -2.65. The van der Waals surface area contributed by atoms with Gasteiger partial charge in [-0.25, -0.2) is 14.8 Å². The number of likely N-dealkylation sites (tertiary alicyclic amines) is 2. The lowest BCUT2D eigenvalue weighted by atomic mass is 9.53. The molecule has 1 aromatic heterocycles. The van der Waals surface area contributed by atoms with E-state index < -0.39 is 5.54 Å². The van der Waals surface area contributed by atoms with Gasteiger partial charge in [0.2, 0.25) is 11.9 Å². The van der Waals surface area contributed by atoms with Crippen molar-refractivity contribution in [2.75, 3.05) is 26.2 Å². The molecule has 2 saturated heterocycles. The third-order valence-corrected chi connectivity index (χ3v) is 10.1. The van der Waals surface area contributed by atoms with Crippen LogP contribution in [0.15, 0.2) is 11.1 Å². The molecule has 3 heterocycles. The van der Waals surface area contributed by atoms with Crippen LogP contribution >= 0.6 is 0 Å². The standard InChI is InChI=1S/C29H44N8O2/c1-19-12-20(2)32-25(31-19)33-26(34-27(39)35-28-16-21-13-22(17-28)15-23(14-21)18-28)36-10-6-29(7-11-36,24(30)38)37-8-4-3-5-9-37/h12,21-23H,3-11,13-18H2,1-2H3,(H2,30,38)(H2,31,32,33,34,35,39).